The van der Waals surface area contributed by atoms with Gasteiger partial charge in [-0.15, -0.1) is 0 Å². The maximum absolute atomic E-state index is 12.0. The maximum atomic E-state index is 12.0. The molecule has 0 atom stereocenters. The molecule has 0 saturated heterocycles. The average Bonchev–Trinajstić information content (AvgIpc) is 2.97. The van der Waals surface area contributed by atoms with Crippen LogP contribution in [0.15, 0.2) is 58.0 Å². The number of aromatic hydroxyl groups is 1. The number of allylic oxidation sites excluding steroid dienone is 2. The van der Waals surface area contributed by atoms with Crippen LogP contribution in [-0.4, -0.2) is 20.9 Å². The third-order valence-electron chi connectivity index (χ3n) is 3.00. The minimum absolute atomic E-state index is 0.117. The lowest BCUT2D eigenvalue weighted by molar-refractivity contribution is 0.432. The van der Waals surface area contributed by atoms with Crippen LogP contribution >= 0.6 is 12.2 Å². The van der Waals surface area contributed by atoms with E-state index in [1.54, 1.807) is 30.5 Å². The molecule has 2 heterocycles. The summed E-state index contributed by atoms with van der Waals surface area (Å²) < 4.78 is 1.54. The third-order valence-corrected chi connectivity index (χ3v) is 3.29. The van der Waals surface area contributed by atoms with Gasteiger partial charge in [0.05, 0.1) is 11.4 Å². The van der Waals surface area contributed by atoms with Crippen molar-refractivity contribution >= 4 is 24.5 Å². The minimum Gasteiger partial charge on any atom is -0.494 e. The van der Waals surface area contributed by atoms with Gasteiger partial charge in [-0.1, -0.05) is 18.2 Å². The molecule has 2 N–H and O–H groups in total. The fraction of sp³-hybridized carbons (Fsp3) is 0. The number of hydrogen-bond donors (Lipinski definition) is 2. The zero-order valence-corrected chi connectivity index (χ0v) is 11.7. The fourth-order valence-electron chi connectivity index (χ4n) is 2.03. The van der Waals surface area contributed by atoms with Crippen LogP contribution in [0.2, 0.25) is 0 Å². The van der Waals surface area contributed by atoms with Gasteiger partial charge in [0.2, 0.25) is 5.88 Å². The molecule has 1 aliphatic heterocycles. The zero-order chi connectivity index (χ0) is 14.8. The van der Waals surface area contributed by atoms with E-state index in [1.807, 2.05) is 18.2 Å². The van der Waals surface area contributed by atoms with Gasteiger partial charge in [0.15, 0.2) is 4.77 Å². The Balaban J connectivity index is 2.26. The lowest BCUT2D eigenvalue weighted by atomic mass is 10.2. The van der Waals surface area contributed by atoms with E-state index < -0.39 is 5.56 Å². The summed E-state index contributed by atoms with van der Waals surface area (Å²) in [6.07, 6.45) is 6.63. The van der Waals surface area contributed by atoms with E-state index in [9.17, 15) is 9.90 Å². The number of H-pyrrole nitrogens is 1. The second kappa shape index (κ2) is 5.34. The lowest BCUT2D eigenvalue weighted by Gasteiger charge is -2.11. The topological polar surface area (TPSA) is 70.4 Å². The van der Waals surface area contributed by atoms with Crippen LogP contribution in [0.1, 0.15) is 5.56 Å². The second-order valence-corrected chi connectivity index (χ2v) is 4.76. The van der Waals surface area contributed by atoms with E-state index >= 15 is 0 Å². The molecule has 21 heavy (non-hydrogen) atoms. The van der Waals surface area contributed by atoms with Crippen LogP contribution in [0.3, 0.4) is 0 Å². The van der Waals surface area contributed by atoms with Gasteiger partial charge in [-0.2, -0.15) is 0 Å². The smallest absolute Gasteiger partial charge is 0.262 e. The molecule has 2 aromatic rings. The monoisotopic (exact) mass is 297 g/mol. The molecule has 0 amide bonds. The van der Waals surface area contributed by atoms with Crippen LogP contribution in [0.4, 0.5) is 0 Å². The number of nitrogens with zero attached hydrogens (tertiary/aromatic N) is 2. The Labute approximate surface area is 125 Å². The zero-order valence-electron chi connectivity index (χ0n) is 10.9. The Morgan fingerprint density at radius 1 is 1.29 bits per heavy atom. The summed E-state index contributed by atoms with van der Waals surface area (Å²) in [6.45, 7) is 0. The second-order valence-electron chi connectivity index (χ2n) is 4.37. The molecule has 6 heteroatoms. The summed E-state index contributed by atoms with van der Waals surface area (Å²) in [5, 5.41) is 10.4. The summed E-state index contributed by atoms with van der Waals surface area (Å²) in [6, 6.07) is 9.08. The Kier molecular flexibility index (Phi) is 3.37. The number of rotatable bonds is 2. The van der Waals surface area contributed by atoms with Gasteiger partial charge in [0.25, 0.3) is 5.56 Å². The SMILES string of the molecule is O=c1[nH]c(=S)n(-c2ccccc2)c(O)c1/C=C1/C=CC=N1. The quantitative estimate of drug-likeness (QED) is 0.837. The molecule has 0 spiro atoms. The molecule has 0 aliphatic carbocycles. The summed E-state index contributed by atoms with van der Waals surface area (Å²) in [5.41, 5.74) is 0.924. The Morgan fingerprint density at radius 3 is 2.71 bits per heavy atom. The van der Waals surface area contributed by atoms with E-state index in [4.69, 9.17) is 12.2 Å². The van der Waals surface area contributed by atoms with Gasteiger partial charge in [-0.3, -0.25) is 19.3 Å². The summed E-state index contributed by atoms with van der Waals surface area (Å²) in [5.74, 6) is -0.210. The molecular weight excluding hydrogens is 286 g/mol. The van der Waals surface area contributed by atoms with Gasteiger partial charge in [-0.05, 0) is 42.6 Å². The standard InChI is InChI=1S/C15H11N3O2S/c19-13-12(9-10-5-4-8-16-10)14(20)18(15(21)17-13)11-6-2-1-3-7-11/h1-9,20H,(H,17,19,21)/b10-9-. The van der Waals surface area contributed by atoms with Gasteiger partial charge in [0.1, 0.15) is 5.56 Å². The third kappa shape index (κ3) is 2.48. The highest BCUT2D eigenvalue weighted by atomic mass is 32.1. The van der Waals surface area contributed by atoms with E-state index in [-0.39, 0.29) is 16.2 Å². The molecule has 1 aliphatic rings. The summed E-state index contributed by atoms with van der Waals surface area (Å²) in [7, 11) is 0. The normalized spacial score (nSPS) is 15.0. The largest absolute Gasteiger partial charge is 0.494 e. The first-order chi connectivity index (χ1) is 10.2. The van der Waals surface area contributed by atoms with E-state index in [0.29, 0.717) is 11.4 Å². The molecule has 3 rings (SSSR count). The Bertz CT molecular complexity index is 875. The molecule has 1 aromatic heterocycles. The molecule has 0 radical (unpaired) electrons. The summed E-state index contributed by atoms with van der Waals surface area (Å²) in [4.78, 5) is 18.6. The van der Waals surface area contributed by atoms with Crippen LogP contribution in [0, 0.1) is 4.77 Å². The van der Waals surface area contributed by atoms with E-state index in [2.05, 4.69) is 9.98 Å². The van der Waals surface area contributed by atoms with Gasteiger partial charge in [0, 0.05) is 6.21 Å². The number of hydrogen-bond acceptors (Lipinski definition) is 4. The van der Waals surface area contributed by atoms with Crippen LogP contribution < -0.4 is 5.56 Å². The predicted octanol–water partition coefficient (Wildman–Crippen LogP) is 2.58. The highest BCUT2D eigenvalue weighted by Crippen LogP contribution is 2.22. The number of aromatic amines is 1. The molecule has 0 saturated carbocycles. The fourth-order valence-corrected chi connectivity index (χ4v) is 2.32. The number of benzene rings is 1. The number of aromatic nitrogens is 2. The van der Waals surface area contributed by atoms with E-state index in [0.717, 1.165) is 0 Å². The molecule has 0 bridgehead atoms. The van der Waals surface area contributed by atoms with Crippen molar-refractivity contribution in [3.05, 3.63) is 68.9 Å². The maximum Gasteiger partial charge on any atom is 0.262 e. The van der Waals surface area contributed by atoms with Gasteiger partial charge in [-0.25, -0.2) is 0 Å². The molecular formula is C15H11N3O2S. The Hall–Kier alpha value is -2.73. The molecule has 5 nitrogen and oxygen atoms in total. The first-order valence-corrected chi connectivity index (χ1v) is 6.64. The molecule has 0 unspecified atom stereocenters. The first-order valence-electron chi connectivity index (χ1n) is 6.23. The predicted molar refractivity (Wildman–Crippen MR) is 84.5 cm³/mol. The van der Waals surface area contributed by atoms with Crippen molar-refractivity contribution in [2.24, 2.45) is 4.99 Å². The van der Waals surface area contributed by atoms with Gasteiger partial charge < -0.3 is 5.11 Å². The van der Waals surface area contributed by atoms with Crippen LogP contribution in [0.25, 0.3) is 11.8 Å². The number of aliphatic imine (C=N–C) groups is 1. The van der Waals surface area contributed by atoms with E-state index in [1.165, 1.54) is 10.6 Å². The molecule has 104 valence electrons. The lowest BCUT2D eigenvalue weighted by Crippen LogP contribution is -2.16. The average molecular weight is 297 g/mol. The van der Waals surface area contributed by atoms with Crippen molar-refractivity contribution in [3.8, 4) is 11.6 Å². The highest BCUT2D eigenvalue weighted by Gasteiger charge is 2.12. The van der Waals surface area contributed by atoms with Crippen molar-refractivity contribution in [2.75, 3.05) is 0 Å². The highest BCUT2D eigenvalue weighted by molar-refractivity contribution is 7.71. The number of nitrogens with one attached hydrogen (secondary N) is 1. The van der Waals surface area contributed by atoms with Crippen molar-refractivity contribution in [1.82, 2.24) is 9.55 Å². The van der Waals surface area contributed by atoms with Crippen LogP contribution in [-0.2, 0) is 0 Å². The van der Waals surface area contributed by atoms with Crippen LogP contribution in [0.5, 0.6) is 5.88 Å². The molecule has 0 fully saturated rings. The van der Waals surface area contributed by atoms with Crippen molar-refractivity contribution in [3.63, 3.8) is 0 Å². The minimum atomic E-state index is -0.451. The van der Waals surface area contributed by atoms with Crippen molar-refractivity contribution < 1.29 is 5.11 Å². The Morgan fingerprint density at radius 2 is 2.05 bits per heavy atom. The molecule has 1 aromatic carbocycles. The van der Waals surface area contributed by atoms with Crippen molar-refractivity contribution in [1.29, 1.82) is 0 Å². The first kappa shape index (κ1) is 13.3. The van der Waals surface area contributed by atoms with Crippen molar-refractivity contribution in [2.45, 2.75) is 0 Å². The summed E-state index contributed by atoms with van der Waals surface area (Å²) >= 11 is 5.13. The van der Waals surface area contributed by atoms with Gasteiger partial charge >= 0.3 is 0 Å². The number of para-hydroxylation sites is 1.